The smallest absolute Gasteiger partial charge is 0.349 e. The average Bonchev–Trinajstić information content (AvgIpc) is 2.79. The number of benzene rings is 3. The summed E-state index contributed by atoms with van der Waals surface area (Å²) in [6.07, 6.45) is 0.646. The molecule has 0 aliphatic carbocycles. The molecule has 0 fully saturated rings. The molecule has 0 saturated heterocycles. The topological polar surface area (TPSA) is 85.6 Å². The largest absolute Gasteiger partial charge is 0.423 e. The average molecular weight is 448 g/mol. The van der Waals surface area contributed by atoms with E-state index in [4.69, 9.17) is 20.8 Å². The zero-order valence-corrected chi connectivity index (χ0v) is 17.6. The van der Waals surface area contributed by atoms with Gasteiger partial charge in [0.1, 0.15) is 16.9 Å². The van der Waals surface area contributed by atoms with E-state index in [1.54, 1.807) is 30.3 Å². The van der Waals surface area contributed by atoms with Crippen molar-refractivity contribution < 1.29 is 18.7 Å². The van der Waals surface area contributed by atoms with Crippen molar-refractivity contribution in [3.63, 3.8) is 0 Å². The number of carbonyl (C=O) groups excluding carboxylic acids is 2. The van der Waals surface area contributed by atoms with E-state index in [9.17, 15) is 14.4 Å². The van der Waals surface area contributed by atoms with E-state index in [2.05, 4.69) is 5.32 Å². The fourth-order valence-corrected chi connectivity index (χ4v) is 3.35. The Morgan fingerprint density at radius 3 is 2.53 bits per heavy atom. The molecule has 0 aliphatic rings. The Kier molecular flexibility index (Phi) is 6.33. The van der Waals surface area contributed by atoms with Gasteiger partial charge in [0.2, 0.25) is 0 Å². The molecular formula is C25H18ClNO5. The molecular weight excluding hydrogens is 430 g/mol. The van der Waals surface area contributed by atoms with Gasteiger partial charge in [-0.25, -0.2) is 9.59 Å². The maximum atomic E-state index is 12.4. The lowest BCUT2D eigenvalue weighted by molar-refractivity contribution is 0.0734. The first-order valence-electron chi connectivity index (χ1n) is 9.87. The van der Waals surface area contributed by atoms with Crippen molar-refractivity contribution in [1.82, 2.24) is 5.32 Å². The number of halogens is 1. The molecule has 0 spiro atoms. The van der Waals surface area contributed by atoms with E-state index in [-0.39, 0.29) is 16.9 Å². The number of fused-ring (bicyclic) bond motifs is 1. The first kappa shape index (κ1) is 21.3. The highest BCUT2D eigenvalue weighted by molar-refractivity contribution is 6.30. The number of hydrogen-bond donors (Lipinski definition) is 1. The Hall–Kier alpha value is -3.90. The van der Waals surface area contributed by atoms with E-state index >= 15 is 0 Å². The third-order valence-electron chi connectivity index (χ3n) is 4.76. The van der Waals surface area contributed by atoms with Crippen molar-refractivity contribution in [2.75, 3.05) is 6.54 Å². The molecule has 32 heavy (non-hydrogen) atoms. The van der Waals surface area contributed by atoms with Crippen molar-refractivity contribution >= 4 is 34.4 Å². The molecule has 0 saturated carbocycles. The maximum Gasteiger partial charge on any atom is 0.349 e. The third kappa shape index (κ3) is 5.04. The summed E-state index contributed by atoms with van der Waals surface area (Å²) in [5.41, 5.74) is 0.717. The summed E-state index contributed by atoms with van der Waals surface area (Å²) in [6, 6.07) is 22.1. The van der Waals surface area contributed by atoms with Crippen LogP contribution in [0.3, 0.4) is 0 Å². The number of nitrogens with one attached hydrogen (secondary N) is 1. The van der Waals surface area contributed by atoms with Gasteiger partial charge in [0.15, 0.2) is 0 Å². The number of carbonyl (C=O) groups is 2. The SMILES string of the molecule is O=C(Oc1ccc2cc(C(=O)NCCc3ccccc3)c(=O)oc2c1)c1cccc(Cl)c1. The minimum absolute atomic E-state index is 0.0887. The van der Waals surface area contributed by atoms with E-state index in [1.165, 1.54) is 18.2 Å². The Labute approximate surface area is 188 Å². The standard InChI is InChI=1S/C25H18ClNO5/c26-19-8-4-7-18(13-19)24(29)31-20-10-9-17-14-21(25(30)32-22(17)15-20)23(28)27-12-11-16-5-2-1-3-6-16/h1-10,13-15H,11-12H2,(H,27,28). The number of esters is 1. The van der Waals surface area contributed by atoms with Crippen LogP contribution in [0.4, 0.5) is 0 Å². The molecule has 7 heteroatoms. The van der Waals surface area contributed by atoms with Crippen LogP contribution in [0, 0.1) is 0 Å². The molecule has 6 nitrogen and oxygen atoms in total. The lowest BCUT2D eigenvalue weighted by Gasteiger charge is -2.07. The predicted molar refractivity (Wildman–Crippen MR) is 121 cm³/mol. The molecule has 3 aromatic carbocycles. The van der Waals surface area contributed by atoms with Crippen LogP contribution in [0.15, 0.2) is 88.1 Å². The van der Waals surface area contributed by atoms with Gasteiger partial charge >= 0.3 is 11.6 Å². The lowest BCUT2D eigenvalue weighted by atomic mass is 10.1. The molecule has 0 bridgehead atoms. The zero-order valence-electron chi connectivity index (χ0n) is 16.8. The second kappa shape index (κ2) is 9.49. The van der Waals surface area contributed by atoms with Gasteiger partial charge in [-0.1, -0.05) is 48.0 Å². The Morgan fingerprint density at radius 2 is 1.75 bits per heavy atom. The van der Waals surface area contributed by atoms with Gasteiger partial charge in [-0.3, -0.25) is 4.79 Å². The fraction of sp³-hybridized carbons (Fsp3) is 0.0800. The summed E-state index contributed by atoms with van der Waals surface area (Å²) < 4.78 is 10.6. The van der Waals surface area contributed by atoms with Gasteiger partial charge in [-0.15, -0.1) is 0 Å². The van der Waals surface area contributed by atoms with E-state index in [0.29, 0.717) is 28.9 Å². The Morgan fingerprint density at radius 1 is 0.938 bits per heavy atom. The zero-order chi connectivity index (χ0) is 22.5. The summed E-state index contributed by atoms with van der Waals surface area (Å²) >= 11 is 5.90. The van der Waals surface area contributed by atoms with Crippen LogP contribution >= 0.6 is 11.6 Å². The van der Waals surface area contributed by atoms with Crippen molar-refractivity contribution in [2.24, 2.45) is 0 Å². The summed E-state index contributed by atoms with van der Waals surface area (Å²) in [5.74, 6) is -0.901. The highest BCUT2D eigenvalue weighted by atomic mass is 35.5. The quantitative estimate of drug-likeness (QED) is 0.264. The summed E-state index contributed by atoms with van der Waals surface area (Å²) in [6.45, 7) is 0.388. The Balaban J connectivity index is 1.47. The number of hydrogen-bond acceptors (Lipinski definition) is 5. The number of amides is 1. The van der Waals surface area contributed by atoms with Gasteiger partial charge < -0.3 is 14.5 Å². The molecule has 0 aliphatic heterocycles. The van der Waals surface area contributed by atoms with Gasteiger partial charge in [-0.2, -0.15) is 0 Å². The third-order valence-corrected chi connectivity index (χ3v) is 5.00. The minimum Gasteiger partial charge on any atom is -0.423 e. The normalized spacial score (nSPS) is 10.7. The Bertz CT molecular complexity index is 1350. The molecule has 160 valence electrons. The van der Waals surface area contributed by atoms with Gasteiger partial charge in [-0.05, 0) is 48.4 Å². The second-order valence-electron chi connectivity index (χ2n) is 7.04. The second-order valence-corrected chi connectivity index (χ2v) is 7.47. The van der Waals surface area contributed by atoms with Crippen LogP contribution in [0.5, 0.6) is 5.75 Å². The van der Waals surface area contributed by atoms with E-state index in [0.717, 1.165) is 5.56 Å². The molecule has 0 atom stereocenters. The highest BCUT2D eigenvalue weighted by Gasteiger charge is 2.15. The number of rotatable bonds is 6. The fourth-order valence-electron chi connectivity index (χ4n) is 3.16. The summed E-state index contributed by atoms with van der Waals surface area (Å²) in [5, 5.41) is 3.68. The van der Waals surface area contributed by atoms with Gasteiger partial charge in [0.25, 0.3) is 5.91 Å². The van der Waals surface area contributed by atoms with Crippen LogP contribution in [0.1, 0.15) is 26.3 Å². The molecule has 1 heterocycles. The monoisotopic (exact) mass is 447 g/mol. The van der Waals surface area contributed by atoms with Crippen LogP contribution < -0.4 is 15.7 Å². The van der Waals surface area contributed by atoms with Crippen LogP contribution in [-0.2, 0) is 6.42 Å². The van der Waals surface area contributed by atoms with E-state index in [1.807, 2.05) is 30.3 Å². The van der Waals surface area contributed by atoms with Crippen molar-refractivity contribution in [3.05, 3.63) is 111 Å². The highest BCUT2D eigenvalue weighted by Crippen LogP contribution is 2.22. The van der Waals surface area contributed by atoms with Gasteiger partial charge in [0, 0.05) is 23.0 Å². The van der Waals surface area contributed by atoms with Crippen LogP contribution in [0.2, 0.25) is 5.02 Å². The molecule has 4 aromatic rings. The molecule has 1 amide bonds. The van der Waals surface area contributed by atoms with Crippen molar-refractivity contribution in [3.8, 4) is 5.75 Å². The first-order valence-corrected chi connectivity index (χ1v) is 10.3. The molecule has 4 rings (SSSR count). The van der Waals surface area contributed by atoms with Gasteiger partial charge in [0.05, 0.1) is 5.56 Å². The minimum atomic E-state index is -0.770. The van der Waals surface area contributed by atoms with E-state index < -0.39 is 17.5 Å². The molecule has 0 unspecified atom stereocenters. The summed E-state index contributed by atoms with van der Waals surface area (Å²) in [4.78, 5) is 37.1. The number of ether oxygens (including phenoxy) is 1. The maximum absolute atomic E-state index is 12.4. The molecule has 1 aromatic heterocycles. The summed E-state index contributed by atoms with van der Waals surface area (Å²) in [7, 11) is 0. The van der Waals surface area contributed by atoms with Crippen molar-refractivity contribution in [1.29, 1.82) is 0 Å². The predicted octanol–water partition coefficient (Wildman–Crippen LogP) is 4.64. The molecule has 0 radical (unpaired) electrons. The first-order chi connectivity index (χ1) is 15.5. The van der Waals surface area contributed by atoms with Crippen molar-refractivity contribution in [2.45, 2.75) is 6.42 Å². The lowest BCUT2D eigenvalue weighted by Crippen LogP contribution is -2.29. The molecule has 1 N–H and O–H groups in total. The van der Waals surface area contributed by atoms with Crippen LogP contribution in [-0.4, -0.2) is 18.4 Å². The van der Waals surface area contributed by atoms with Crippen LogP contribution in [0.25, 0.3) is 11.0 Å².